The molecular weight excluding hydrogens is 408 g/mol. The standard InChI is InChI=1S/C22H22N8O2/c1-29(16-8-4-2-5-9-16)21-25-18(24-20(23)27-21)19-26-22(32-28-19)30-12-15(13-30)14-31-17-10-6-3-7-11-17/h2-11,15H,12-14H2,1H3,(H2,23,24,25,27). The number of para-hydroxylation sites is 2. The molecule has 2 aromatic heterocycles. The van der Waals surface area contributed by atoms with E-state index in [9.17, 15) is 0 Å². The Morgan fingerprint density at radius 2 is 1.69 bits per heavy atom. The summed E-state index contributed by atoms with van der Waals surface area (Å²) < 4.78 is 11.2. The van der Waals surface area contributed by atoms with Crippen LogP contribution < -0.4 is 20.3 Å². The minimum absolute atomic E-state index is 0.0845. The Bertz CT molecular complexity index is 1180. The Labute approximate surface area is 184 Å². The molecule has 162 valence electrons. The van der Waals surface area contributed by atoms with Crippen molar-refractivity contribution in [2.24, 2.45) is 5.92 Å². The Morgan fingerprint density at radius 3 is 2.44 bits per heavy atom. The Morgan fingerprint density at radius 1 is 0.969 bits per heavy atom. The van der Waals surface area contributed by atoms with Crippen LogP contribution in [0.4, 0.5) is 23.6 Å². The first-order valence-corrected chi connectivity index (χ1v) is 10.2. The lowest BCUT2D eigenvalue weighted by molar-refractivity contribution is 0.213. The van der Waals surface area contributed by atoms with Gasteiger partial charge in [0, 0.05) is 31.7 Å². The van der Waals surface area contributed by atoms with E-state index in [1.165, 1.54) is 0 Å². The average molecular weight is 430 g/mol. The summed E-state index contributed by atoms with van der Waals surface area (Å²) in [4.78, 5) is 21.1. The van der Waals surface area contributed by atoms with Gasteiger partial charge < -0.3 is 24.8 Å². The smallest absolute Gasteiger partial charge is 0.324 e. The van der Waals surface area contributed by atoms with Gasteiger partial charge in [-0.1, -0.05) is 41.6 Å². The topological polar surface area (TPSA) is 119 Å². The Hall–Kier alpha value is -4.21. The van der Waals surface area contributed by atoms with Crippen LogP contribution in [0.2, 0.25) is 0 Å². The number of hydrogen-bond donors (Lipinski definition) is 1. The van der Waals surface area contributed by atoms with Crippen LogP contribution in [0.1, 0.15) is 0 Å². The summed E-state index contributed by atoms with van der Waals surface area (Å²) in [5, 5.41) is 4.04. The number of nitrogens with zero attached hydrogens (tertiary/aromatic N) is 7. The highest BCUT2D eigenvalue weighted by molar-refractivity contribution is 5.59. The first-order valence-electron chi connectivity index (χ1n) is 10.2. The lowest BCUT2D eigenvalue weighted by Crippen LogP contribution is -2.49. The second kappa shape index (κ2) is 8.50. The summed E-state index contributed by atoms with van der Waals surface area (Å²) in [5.74, 6) is 2.27. The van der Waals surface area contributed by atoms with E-state index in [2.05, 4.69) is 25.1 Å². The summed E-state index contributed by atoms with van der Waals surface area (Å²) in [6, 6.07) is 19.9. The van der Waals surface area contributed by atoms with Gasteiger partial charge in [0.1, 0.15) is 5.75 Å². The molecule has 5 rings (SSSR count). The van der Waals surface area contributed by atoms with Crippen molar-refractivity contribution in [1.82, 2.24) is 25.1 Å². The Kier molecular flexibility index (Phi) is 5.24. The summed E-state index contributed by atoms with van der Waals surface area (Å²) in [6.45, 7) is 2.19. The number of benzene rings is 2. The van der Waals surface area contributed by atoms with Gasteiger partial charge in [-0.05, 0) is 24.3 Å². The van der Waals surface area contributed by atoms with Crippen LogP contribution in [-0.2, 0) is 0 Å². The quantitative estimate of drug-likeness (QED) is 0.469. The number of ether oxygens (including phenoxy) is 1. The van der Waals surface area contributed by atoms with Crippen molar-refractivity contribution in [3.8, 4) is 17.4 Å². The lowest BCUT2D eigenvalue weighted by Gasteiger charge is -2.37. The van der Waals surface area contributed by atoms with E-state index in [0.717, 1.165) is 24.5 Å². The van der Waals surface area contributed by atoms with Gasteiger partial charge in [-0.2, -0.15) is 19.9 Å². The molecule has 2 N–H and O–H groups in total. The fourth-order valence-corrected chi connectivity index (χ4v) is 3.39. The van der Waals surface area contributed by atoms with Gasteiger partial charge in [-0.25, -0.2) is 0 Å². The minimum Gasteiger partial charge on any atom is -0.493 e. The van der Waals surface area contributed by atoms with Crippen molar-refractivity contribution in [2.75, 3.05) is 42.3 Å². The van der Waals surface area contributed by atoms with Crippen molar-refractivity contribution in [2.45, 2.75) is 0 Å². The molecule has 1 aliphatic rings. The second-order valence-electron chi connectivity index (χ2n) is 7.51. The number of aromatic nitrogens is 5. The van der Waals surface area contributed by atoms with Gasteiger partial charge in [0.25, 0.3) is 0 Å². The molecule has 1 saturated heterocycles. The normalized spacial score (nSPS) is 13.6. The third-order valence-corrected chi connectivity index (χ3v) is 5.16. The maximum atomic E-state index is 5.92. The molecule has 0 amide bonds. The van der Waals surface area contributed by atoms with Gasteiger partial charge in [0.2, 0.25) is 23.5 Å². The molecule has 0 atom stereocenters. The number of hydrogen-bond acceptors (Lipinski definition) is 10. The fraction of sp³-hybridized carbons (Fsp3) is 0.227. The monoisotopic (exact) mass is 430 g/mol. The van der Waals surface area contributed by atoms with E-state index in [1.54, 1.807) is 0 Å². The average Bonchev–Trinajstić information content (AvgIpc) is 3.28. The summed E-state index contributed by atoms with van der Waals surface area (Å²) in [7, 11) is 1.85. The molecule has 1 fully saturated rings. The predicted octanol–water partition coefficient (Wildman–Crippen LogP) is 2.79. The molecule has 0 unspecified atom stereocenters. The van der Waals surface area contributed by atoms with E-state index in [4.69, 9.17) is 15.0 Å². The molecule has 0 spiro atoms. The van der Waals surface area contributed by atoms with Gasteiger partial charge >= 0.3 is 6.01 Å². The van der Waals surface area contributed by atoms with E-state index < -0.39 is 0 Å². The first-order chi connectivity index (χ1) is 15.7. The highest BCUT2D eigenvalue weighted by Crippen LogP contribution is 2.27. The molecule has 10 nitrogen and oxygen atoms in total. The van der Waals surface area contributed by atoms with E-state index >= 15 is 0 Å². The van der Waals surface area contributed by atoms with Crippen molar-refractivity contribution in [1.29, 1.82) is 0 Å². The van der Waals surface area contributed by atoms with Gasteiger partial charge in [-0.15, -0.1) is 0 Å². The van der Waals surface area contributed by atoms with Crippen LogP contribution in [-0.4, -0.2) is 51.8 Å². The molecular formula is C22H22N8O2. The van der Waals surface area contributed by atoms with Crippen LogP contribution in [0, 0.1) is 5.92 Å². The third kappa shape index (κ3) is 4.15. The van der Waals surface area contributed by atoms with Gasteiger partial charge in [0.15, 0.2) is 0 Å². The third-order valence-electron chi connectivity index (χ3n) is 5.16. The summed E-state index contributed by atoms with van der Waals surface area (Å²) in [5.41, 5.74) is 6.84. The van der Waals surface area contributed by atoms with E-state index in [1.807, 2.05) is 77.5 Å². The summed E-state index contributed by atoms with van der Waals surface area (Å²) >= 11 is 0. The highest BCUT2D eigenvalue weighted by atomic mass is 16.5. The second-order valence-corrected chi connectivity index (χ2v) is 7.51. The minimum atomic E-state index is 0.0845. The zero-order valence-electron chi connectivity index (χ0n) is 17.5. The van der Waals surface area contributed by atoms with Gasteiger partial charge in [0.05, 0.1) is 6.61 Å². The molecule has 10 heteroatoms. The molecule has 0 bridgehead atoms. The number of nitrogens with two attached hydrogens (primary N) is 1. The van der Waals surface area contributed by atoms with E-state index in [0.29, 0.717) is 24.5 Å². The van der Waals surface area contributed by atoms with Crippen LogP contribution in [0.25, 0.3) is 11.6 Å². The molecule has 0 saturated carbocycles. The molecule has 1 aliphatic heterocycles. The zero-order valence-corrected chi connectivity index (χ0v) is 17.5. The SMILES string of the molecule is CN(c1ccccc1)c1nc(N)nc(-c2noc(N3CC(COc4ccccc4)C3)n2)n1. The van der Waals surface area contributed by atoms with E-state index in [-0.39, 0.29) is 17.6 Å². The molecule has 0 aliphatic carbocycles. The molecule has 3 heterocycles. The van der Waals surface area contributed by atoms with Crippen molar-refractivity contribution < 1.29 is 9.26 Å². The van der Waals surface area contributed by atoms with Crippen molar-refractivity contribution in [3.63, 3.8) is 0 Å². The van der Waals surface area contributed by atoms with Crippen LogP contribution in [0.3, 0.4) is 0 Å². The predicted molar refractivity (Wildman–Crippen MR) is 120 cm³/mol. The van der Waals surface area contributed by atoms with Crippen LogP contribution in [0.5, 0.6) is 5.75 Å². The number of rotatable bonds is 7. The first kappa shape index (κ1) is 19.7. The molecule has 0 radical (unpaired) electrons. The molecule has 4 aromatic rings. The highest BCUT2D eigenvalue weighted by Gasteiger charge is 2.31. The Balaban J connectivity index is 1.25. The molecule has 32 heavy (non-hydrogen) atoms. The lowest BCUT2D eigenvalue weighted by atomic mass is 10.0. The van der Waals surface area contributed by atoms with Gasteiger partial charge in [-0.3, -0.25) is 0 Å². The maximum Gasteiger partial charge on any atom is 0.324 e. The fourth-order valence-electron chi connectivity index (χ4n) is 3.39. The number of nitrogen functional groups attached to an aromatic ring is 1. The van der Waals surface area contributed by atoms with Crippen LogP contribution >= 0.6 is 0 Å². The van der Waals surface area contributed by atoms with Crippen molar-refractivity contribution >= 4 is 23.6 Å². The molecule has 2 aromatic carbocycles. The van der Waals surface area contributed by atoms with Crippen LogP contribution in [0.15, 0.2) is 65.2 Å². The maximum absolute atomic E-state index is 5.92. The number of anilines is 4. The largest absolute Gasteiger partial charge is 0.493 e. The van der Waals surface area contributed by atoms with Crippen molar-refractivity contribution in [3.05, 3.63) is 60.7 Å². The zero-order chi connectivity index (χ0) is 21.9. The summed E-state index contributed by atoms with van der Waals surface area (Å²) in [6.07, 6.45) is 0.